The van der Waals surface area contributed by atoms with Gasteiger partial charge in [-0.3, -0.25) is 9.89 Å². The second kappa shape index (κ2) is 10.2. The highest BCUT2D eigenvalue weighted by atomic mass is 35.5. The molecule has 1 atom stereocenters. The molecule has 1 aliphatic rings. The maximum Gasteiger partial charge on any atom is 0.273 e. The molecule has 8 heteroatoms. The first-order valence-electron chi connectivity index (χ1n) is 11.4. The van der Waals surface area contributed by atoms with E-state index in [1.807, 2.05) is 30.0 Å². The number of fused-ring (bicyclic) bond motifs is 1. The summed E-state index contributed by atoms with van der Waals surface area (Å²) in [4.78, 5) is 15.2. The minimum Gasteiger partial charge on any atom is -0.507 e. The number of amides is 1. The third-order valence-corrected chi connectivity index (χ3v) is 6.01. The lowest BCUT2D eigenvalue weighted by Crippen LogP contribution is -2.30. The fourth-order valence-corrected chi connectivity index (χ4v) is 4.41. The predicted molar refractivity (Wildman–Crippen MR) is 132 cm³/mol. The van der Waals surface area contributed by atoms with Crippen LogP contribution in [0, 0.1) is 0 Å². The molecule has 0 bridgehead atoms. The molecule has 178 valence electrons. The Kier molecular flexibility index (Phi) is 7.12. The molecule has 0 saturated carbocycles. The Morgan fingerprint density at radius 2 is 2.03 bits per heavy atom. The molecular formula is C26H28ClN3O4. The van der Waals surface area contributed by atoms with Gasteiger partial charge in [-0.25, -0.2) is 0 Å². The van der Waals surface area contributed by atoms with Crippen molar-refractivity contribution in [1.82, 2.24) is 15.1 Å². The molecule has 2 aromatic carbocycles. The van der Waals surface area contributed by atoms with Crippen LogP contribution in [-0.2, 0) is 0 Å². The number of phenolic OH excluding ortho intramolecular Hbond substituents is 1. The fourth-order valence-electron chi connectivity index (χ4n) is 4.24. The van der Waals surface area contributed by atoms with Crippen LogP contribution in [0.4, 0.5) is 0 Å². The average Bonchev–Trinajstić information content (AvgIpc) is 3.37. The molecule has 4 rings (SSSR count). The van der Waals surface area contributed by atoms with Crippen molar-refractivity contribution in [1.29, 1.82) is 0 Å². The van der Waals surface area contributed by atoms with Crippen LogP contribution in [0.15, 0.2) is 49.1 Å². The summed E-state index contributed by atoms with van der Waals surface area (Å²) in [6.45, 7) is 9.10. The molecule has 0 spiro atoms. The number of aromatic nitrogens is 2. The van der Waals surface area contributed by atoms with Gasteiger partial charge in [0.05, 0.1) is 12.6 Å². The number of hydrogen-bond acceptors (Lipinski definition) is 5. The molecule has 3 aromatic rings. The predicted octanol–water partition coefficient (Wildman–Crippen LogP) is 5.74. The summed E-state index contributed by atoms with van der Waals surface area (Å²) in [6, 6.07) is 10.1. The van der Waals surface area contributed by atoms with Gasteiger partial charge in [0.2, 0.25) is 0 Å². The number of carbonyl (C=O) groups excluding carboxylic acids is 1. The van der Waals surface area contributed by atoms with Crippen molar-refractivity contribution in [2.24, 2.45) is 0 Å². The number of unbranched alkanes of at least 4 members (excludes halogenated alkanes) is 1. The van der Waals surface area contributed by atoms with Gasteiger partial charge in [0.25, 0.3) is 5.91 Å². The molecule has 0 radical (unpaired) electrons. The smallest absolute Gasteiger partial charge is 0.273 e. The molecule has 2 N–H and O–H groups in total. The number of carbonyl (C=O) groups is 1. The summed E-state index contributed by atoms with van der Waals surface area (Å²) in [7, 11) is 0. The first-order valence-corrected chi connectivity index (χ1v) is 11.8. The van der Waals surface area contributed by atoms with E-state index >= 15 is 0 Å². The van der Waals surface area contributed by atoms with Crippen molar-refractivity contribution >= 4 is 17.5 Å². The van der Waals surface area contributed by atoms with Gasteiger partial charge in [-0.1, -0.05) is 43.7 Å². The number of rotatable bonds is 10. The molecule has 0 fully saturated rings. The van der Waals surface area contributed by atoms with Crippen molar-refractivity contribution in [2.75, 3.05) is 19.8 Å². The first kappa shape index (κ1) is 23.7. The lowest BCUT2D eigenvalue weighted by atomic mass is 9.95. The summed E-state index contributed by atoms with van der Waals surface area (Å²) < 4.78 is 11.6. The Labute approximate surface area is 204 Å². The summed E-state index contributed by atoms with van der Waals surface area (Å²) in [5, 5.41) is 18.3. The normalized spacial score (nSPS) is 14.9. The zero-order valence-electron chi connectivity index (χ0n) is 19.3. The Morgan fingerprint density at radius 1 is 1.21 bits per heavy atom. The quantitative estimate of drug-likeness (QED) is 0.360. The van der Waals surface area contributed by atoms with Gasteiger partial charge in [0.15, 0.2) is 11.5 Å². The third kappa shape index (κ3) is 4.35. The van der Waals surface area contributed by atoms with Crippen LogP contribution in [0.3, 0.4) is 0 Å². The zero-order chi connectivity index (χ0) is 24.2. The van der Waals surface area contributed by atoms with E-state index in [0.717, 1.165) is 18.4 Å². The standard InChI is InChI=1S/C26H28ClN3O4/c1-4-7-12-30-25(16-8-11-20(34-13-5-2)21(14-16)33-6-3)22-23(28-29-24(22)26(30)32)18-15-17(27)9-10-19(18)31/h5,8-11,14-15,25,31H,2,4,6-7,12-13H2,1,3H3,(H,28,29). The highest BCUT2D eigenvalue weighted by Crippen LogP contribution is 2.46. The minimum absolute atomic E-state index is 0.0417. The molecule has 1 amide bonds. The summed E-state index contributed by atoms with van der Waals surface area (Å²) >= 11 is 6.21. The summed E-state index contributed by atoms with van der Waals surface area (Å²) in [5.74, 6) is 1.11. The number of nitrogens with zero attached hydrogens (tertiary/aromatic N) is 2. The summed E-state index contributed by atoms with van der Waals surface area (Å²) in [6.07, 6.45) is 3.48. The highest BCUT2D eigenvalue weighted by Gasteiger charge is 2.42. The van der Waals surface area contributed by atoms with Crippen molar-refractivity contribution in [3.05, 3.63) is 70.9 Å². The highest BCUT2D eigenvalue weighted by molar-refractivity contribution is 6.31. The lowest BCUT2D eigenvalue weighted by molar-refractivity contribution is 0.0741. The van der Waals surface area contributed by atoms with Gasteiger partial charge in [-0.2, -0.15) is 5.10 Å². The van der Waals surface area contributed by atoms with Crippen molar-refractivity contribution in [2.45, 2.75) is 32.7 Å². The van der Waals surface area contributed by atoms with E-state index in [1.165, 1.54) is 6.07 Å². The van der Waals surface area contributed by atoms with Crippen LogP contribution >= 0.6 is 11.6 Å². The van der Waals surface area contributed by atoms with E-state index in [9.17, 15) is 9.90 Å². The minimum atomic E-state index is -0.408. The molecule has 1 unspecified atom stereocenters. The van der Waals surface area contributed by atoms with E-state index in [0.29, 0.717) is 58.8 Å². The van der Waals surface area contributed by atoms with Crippen LogP contribution in [0.2, 0.25) is 5.02 Å². The Balaban J connectivity index is 1.86. The Morgan fingerprint density at radius 3 is 2.76 bits per heavy atom. The number of halogens is 1. The van der Waals surface area contributed by atoms with Crippen LogP contribution in [0.1, 0.15) is 54.3 Å². The molecular weight excluding hydrogens is 454 g/mol. The number of hydrogen-bond donors (Lipinski definition) is 2. The number of benzene rings is 2. The monoisotopic (exact) mass is 481 g/mol. The Hall–Kier alpha value is -3.45. The second-order valence-corrected chi connectivity index (χ2v) is 8.45. The average molecular weight is 482 g/mol. The van der Waals surface area contributed by atoms with Crippen LogP contribution < -0.4 is 9.47 Å². The van der Waals surface area contributed by atoms with E-state index in [2.05, 4.69) is 23.7 Å². The van der Waals surface area contributed by atoms with E-state index in [-0.39, 0.29) is 11.7 Å². The maximum absolute atomic E-state index is 13.4. The molecule has 1 aromatic heterocycles. The SMILES string of the molecule is C=CCOc1ccc(C2c3c(-c4cc(Cl)ccc4O)n[nH]c3C(=O)N2CCCC)cc1OCC. The molecule has 0 saturated heterocycles. The van der Waals surface area contributed by atoms with Crippen molar-refractivity contribution in [3.8, 4) is 28.5 Å². The lowest BCUT2D eigenvalue weighted by Gasteiger charge is -2.27. The third-order valence-electron chi connectivity index (χ3n) is 5.77. The summed E-state index contributed by atoms with van der Waals surface area (Å²) in [5.41, 5.74) is 2.96. The van der Waals surface area contributed by atoms with E-state index in [1.54, 1.807) is 18.2 Å². The number of phenols is 1. The van der Waals surface area contributed by atoms with Crippen LogP contribution in [0.25, 0.3) is 11.3 Å². The maximum atomic E-state index is 13.4. The molecule has 1 aliphatic heterocycles. The first-order chi connectivity index (χ1) is 16.5. The molecule has 7 nitrogen and oxygen atoms in total. The van der Waals surface area contributed by atoms with E-state index < -0.39 is 6.04 Å². The fraction of sp³-hybridized carbons (Fsp3) is 0.308. The van der Waals surface area contributed by atoms with Crippen LogP contribution in [0.5, 0.6) is 17.2 Å². The Bertz CT molecular complexity index is 1210. The second-order valence-electron chi connectivity index (χ2n) is 8.02. The van der Waals surface area contributed by atoms with Gasteiger partial charge in [-0.05, 0) is 49.2 Å². The van der Waals surface area contributed by atoms with Gasteiger partial charge in [0.1, 0.15) is 23.7 Å². The molecule has 34 heavy (non-hydrogen) atoms. The molecule has 0 aliphatic carbocycles. The number of aromatic hydroxyl groups is 1. The van der Waals surface area contributed by atoms with Crippen molar-refractivity contribution in [3.63, 3.8) is 0 Å². The van der Waals surface area contributed by atoms with Gasteiger partial charge in [0, 0.05) is 22.7 Å². The van der Waals surface area contributed by atoms with Gasteiger partial charge < -0.3 is 19.5 Å². The van der Waals surface area contributed by atoms with E-state index in [4.69, 9.17) is 21.1 Å². The van der Waals surface area contributed by atoms with Crippen molar-refractivity contribution < 1.29 is 19.4 Å². The topological polar surface area (TPSA) is 87.7 Å². The molecule has 2 heterocycles. The van der Waals surface area contributed by atoms with Gasteiger partial charge in [-0.15, -0.1) is 0 Å². The largest absolute Gasteiger partial charge is 0.507 e. The van der Waals surface area contributed by atoms with Crippen LogP contribution in [-0.4, -0.2) is 45.9 Å². The van der Waals surface area contributed by atoms with Gasteiger partial charge >= 0.3 is 0 Å². The number of H-pyrrole nitrogens is 1. The number of ether oxygens (including phenoxy) is 2. The zero-order valence-corrected chi connectivity index (χ0v) is 20.1. The number of aromatic amines is 1. The number of nitrogens with one attached hydrogen (secondary N) is 1.